The van der Waals surface area contributed by atoms with Gasteiger partial charge in [-0.2, -0.15) is 0 Å². The number of nitrogens with zero attached hydrogens (tertiary/aromatic N) is 1. The van der Waals surface area contributed by atoms with Crippen LogP contribution in [0.3, 0.4) is 0 Å². The maximum absolute atomic E-state index is 12.1. The molecule has 2 aromatic carbocycles. The molecule has 5 heteroatoms. The lowest BCUT2D eigenvalue weighted by Crippen LogP contribution is -2.45. The number of ether oxygens (including phenoxy) is 1. The molecule has 1 amide bonds. The molecule has 1 N–H and O–H groups in total. The zero-order valence-electron chi connectivity index (χ0n) is 13.9. The van der Waals surface area contributed by atoms with Crippen LogP contribution >= 0.6 is 15.9 Å². The van der Waals surface area contributed by atoms with Gasteiger partial charge in [0, 0.05) is 23.6 Å². The first-order valence-electron chi connectivity index (χ1n) is 8.48. The summed E-state index contributed by atoms with van der Waals surface area (Å²) in [6.07, 6.45) is 2.04. The summed E-state index contributed by atoms with van der Waals surface area (Å²) >= 11 is 3.47. The third kappa shape index (κ3) is 4.48. The molecule has 1 aliphatic rings. The van der Waals surface area contributed by atoms with E-state index in [1.165, 1.54) is 0 Å². The van der Waals surface area contributed by atoms with Crippen molar-refractivity contribution in [1.29, 1.82) is 0 Å². The summed E-state index contributed by atoms with van der Waals surface area (Å²) in [6, 6.07) is 12.3. The monoisotopic (exact) mass is 390 g/mol. The maximum atomic E-state index is 12.1. The SMILES string of the molecule is CCN1CCC(NC(=O)COc2ccc3cc(Br)ccc3c2)CC1. The number of carbonyl (C=O) groups is 1. The van der Waals surface area contributed by atoms with Crippen LogP contribution in [0.2, 0.25) is 0 Å². The average Bonchev–Trinajstić information content (AvgIpc) is 2.60. The van der Waals surface area contributed by atoms with Gasteiger partial charge in [-0.1, -0.05) is 35.0 Å². The number of likely N-dealkylation sites (tertiary alicyclic amines) is 1. The number of piperidine rings is 1. The Balaban J connectivity index is 1.50. The standard InChI is InChI=1S/C19H23BrN2O2/c1-2-22-9-7-17(8-10-22)21-19(23)13-24-18-6-4-14-11-16(20)5-3-15(14)12-18/h3-6,11-12,17H,2,7-10,13H2,1H3,(H,21,23). The van der Waals surface area contributed by atoms with Crippen molar-refractivity contribution < 1.29 is 9.53 Å². The Morgan fingerprint density at radius 3 is 2.67 bits per heavy atom. The zero-order valence-corrected chi connectivity index (χ0v) is 15.5. The molecule has 24 heavy (non-hydrogen) atoms. The summed E-state index contributed by atoms with van der Waals surface area (Å²) in [5.41, 5.74) is 0. The molecule has 0 atom stereocenters. The molecule has 2 aromatic rings. The van der Waals surface area contributed by atoms with Crippen LogP contribution in [0.15, 0.2) is 40.9 Å². The molecule has 0 saturated carbocycles. The number of halogens is 1. The van der Waals surface area contributed by atoms with Crippen molar-refractivity contribution in [2.24, 2.45) is 0 Å². The molecule has 0 aliphatic carbocycles. The lowest BCUT2D eigenvalue weighted by molar-refractivity contribution is -0.124. The van der Waals surface area contributed by atoms with E-state index in [4.69, 9.17) is 4.74 Å². The lowest BCUT2D eigenvalue weighted by Gasteiger charge is -2.31. The molecule has 0 unspecified atom stereocenters. The van der Waals surface area contributed by atoms with E-state index >= 15 is 0 Å². The fraction of sp³-hybridized carbons (Fsp3) is 0.421. The number of nitrogens with one attached hydrogen (secondary N) is 1. The maximum Gasteiger partial charge on any atom is 0.258 e. The van der Waals surface area contributed by atoms with Crippen molar-refractivity contribution in [3.8, 4) is 5.75 Å². The van der Waals surface area contributed by atoms with Crippen molar-refractivity contribution in [2.75, 3.05) is 26.2 Å². The van der Waals surface area contributed by atoms with E-state index in [9.17, 15) is 4.79 Å². The van der Waals surface area contributed by atoms with Crippen LogP contribution in [0.5, 0.6) is 5.75 Å². The van der Waals surface area contributed by atoms with Crippen LogP contribution in [0.25, 0.3) is 10.8 Å². The average molecular weight is 391 g/mol. The number of amides is 1. The van der Waals surface area contributed by atoms with Crippen molar-refractivity contribution in [3.63, 3.8) is 0 Å². The van der Waals surface area contributed by atoms with Gasteiger partial charge in [0.05, 0.1) is 0 Å². The molecule has 0 aromatic heterocycles. The van der Waals surface area contributed by atoms with E-state index in [-0.39, 0.29) is 18.6 Å². The van der Waals surface area contributed by atoms with Crippen LogP contribution in [-0.4, -0.2) is 43.1 Å². The lowest BCUT2D eigenvalue weighted by atomic mass is 10.1. The quantitative estimate of drug-likeness (QED) is 0.847. The minimum Gasteiger partial charge on any atom is -0.484 e. The Hall–Kier alpha value is -1.59. The van der Waals surface area contributed by atoms with Gasteiger partial charge in [-0.3, -0.25) is 4.79 Å². The van der Waals surface area contributed by atoms with Gasteiger partial charge in [-0.15, -0.1) is 0 Å². The first kappa shape index (κ1) is 17.2. The molecule has 1 aliphatic heterocycles. The zero-order chi connectivity index (χ0) is 16.9. The van der Waals surface area contributed by atoms with Gasteiger partial charge in [-0.05, 0) is 54.4 Å². The largest absolute Gasteiger partial charge is 0.484 e. The minimum atomic E-state index is -0.0409. The highest BCUT2D eigenvalue weighted by Gasteiger charge is 2.19. The van der Waals surface area contributed by atoms with Crippen molar-refractivity contribution in [1.82, 2.24) is 10.2 Å². The number of fused-ring (bicyclic) bond motifs is 1. The molecule has 1 fully saturated rings. The number of benzene rings is 2. The molecule has 0 spiro atoms. The number of carbonyl (C=O) groups excluding carboxylic acids is 1. The molecule has 0 bridgehead atoms. The van der Waals surface area contributed by atoms with Gasteiger partial charge in [0.25, 0.3) is 5.91 Å². The number of hydrogen-bond acceptors (Lipinski definition) is 3. The molecular formula is C19H23BrN2O2. The molecule has 3 rings (SSSR count). The van der Waals surface area contributed by atoms with Crippen molar-refractivity contribution in [3.05, 3.63) is 40.9 Å². The van der Waals surface area contributed by atoms with Crippen LogP contribution < -0.4 is 10.1 Å². The first-order chi connectivity index (χ1) is 11.6. The molecule has 128 valence electrons. The topological polar surface area (TPSA) is 41.6 Å². The molecule has 4 nitrogen and oxygen atoms in total. The van der Waals surface area contributed by atoms with Crippen molar-refractivity contribution >= 4 is 32.6 Å². The fourth-order valence-corrected chi connectivity index (χ4v) is 3.48. The van der Waals surface area contributed by atoms with Gasteiger partial charge in [-0.25, -0.2) is 0 Å². The highest BCUT2D eigenvalue weighted by Crippen LogP contribution is 2.24. The van der Waals surface area contributed by atoms with E-state index < -0.39 is 0 Å². The Labute approximate surface area is 151 Å². The van der Waals surface area contributed by atoms with Crippen LogP contribution in [0.1, 0.15) is 19.8 Å². The second kappa shape index (κ2) is 7.99. The summed E-state index contributed by atoms with van der Waals surface area (Å²) in [5, 5.41) is 5.32. The number of hydrogen-bond donors (Lipinski definition) is 1. The van der Waals surface area contributed by atoms with Crippen LogP contribution in [0.4, 0.5) is 0 Å². The third-order valence-electron chi connectivity index (χ3n) is 4.54. The predicted molar refractivity (Wildman–Crippen MR) is 100 cm³/mol. The summed E-state index contributed by atoms with van der Waals surface area (Å²) in [5.74, 6) is 0.682. The third-order valence-corrected chi connectivity index (χ3v) is 5.04. The summed E-state index contributed by atoms with van der Waals surface area (Å²) in [7, 11) is 0. The van der Waals surface area contributed by atoms with E-state index in [2.05, 4.69) is 39.1 Å². The molecule has 1 heterocycles. The summed E-state index contributed by atoms with van der Waals surface area (Å²) in [6.45, 7) is 5.44. The van der Waals surface area contributed by atoms with Gasteiger partial charge in [0.1, 0.15) is 5.75 Å². The molecular weight excluding hydrogens is 368 g/mol. The number of rotatable bonds is 5. The van der Waals surface area contributed by atoms with Gasteiger partial charge < -0.3 is 15.0 Å². The van der Waals surface area contributed by atoms with E-state index in [0.717, 1.165) is 53.5 Å². The van der Waals surface area contributed by atoms with Gasteiger partial charge >= 0.3 is 0 Å². The highest BCUT2D eigenvalue weighted by molar-refractivity contribution is 9.10. The fourth-order valence-electron chi connectivity index (χ4n) is 3.10. The Kier molecular flexibility index (Phi) is 5.74. The molecule has 0 radical (unpaired) electrons. The predicted octanol–water partition coefficient (Wildman–Crippen LogP) is 3.58. The van der Waals surface area contributed by atoms with Gasteiger partial charge in [0.15, 0.2) is 6.61 Å². The second-order valence-electron chi connectivity index (χ2n) is 6.22. The minimum absolute atomic E-state index is 0.0409. The molecule has 1 saturated heterocycles. The Morgan fingerprint density at radius 1 is 1.21 bits per heavy atom. The van der Waals surface area contributed by atoms with Crippen molar-refractivity contribution in [2.45, 2.75) is 25.8 Å². The summed E-state index contributed by atoms with van der Waals surface area (Å²) in [4.78, 5) is 14.5. The first-order valence-corrected chi connectivity index (χ1v) is 9.27. The second-order valence-corrected chi connectivity index (χ2v) is 7.13. The van der Waals surface area contributed by atoms with Gasteiger partial charge in [0.2, 0.25) is 0 Å². The Morgan fingerprint density at radius 2 is 1.92 bits per heavy atom. The van der Waals surface area contributed by atoms with E-state index in [0.29, 0.717) is 0 Å². The summed E-state index contributed by atoms with van der Waals surface area (Å²) < 4.78 is 6.71. The normalized spacial score (nSPS) is 16.2. The van der Waals surface area contributed by atoms with Crippen LogP contribution in [-0.2, 0) is 4.79 Å². The smallest absolute Gasteiger partial charge is 0.258 e. The van der Waals surface area contributed by atoms with E-state index in [1.54, 1.807) is 0 Å². The Bertz CT molecular complexity index is 712. The van der Waals surface area contributed by atoms with E-state index in [1.807, 2.05) is 30.3 Å². The van der Waals surface area contributed by atoms with Crippen LogP contribution in [0, 0.1) is 0 Å². The highest BCUT2D eigenvalue weighted by atomic mass is 79.9.